The number of carbonyl (C=O) groups is 2. The summed E-state index contributed by atoms with van der Waals surface area (Å²) < 4.78 is 22.5. The number of ketones is 1. The number of nitrogens with zero attached hydrogens (tertiary/aromatic N) is 2. The summed E-state index contributed by atoms with van der Waals surface area (Å²) in [5.74, 6) is 0.201. The van der Waals surface area contributed by atoms with E-state index in [9.17, 15) is 14.7 Å². The van der Waals surface area contributed by atoms with Crippen molar-refractivity contribution >= 4 is 17.4 Å². The number of carbonyl (C=O) groups excluding carboxylic acids is 2. The van der Waals surface area contributed by atoms with Crippen LogP contribution >= 0.6 is 0 Å². The predicted molar refractivity (Wildman–Crippen MR) is 152 cm³/mol. The zero-order chi connectivity index (χ0) is 28.8. The molecule has 0 aliphatic carbocycles. The molecule has 0 radical (unpaired) electrons. The number of ether oxygens (including phenoxy) is 4. The number of aryl methyl sites for hydroxylation is 1. The number of morpholine rings is 1. The third-order valence-electron chi connectivity index (χ3n) is 7.13. The van der Waals surface area contributed by atoms with Crippen LogP contribution in [0.4, 0.5) is 0 Å². The van der Waals surface area contributed by atoms with Gasteiger partial charge in [-0.1, -0.05) is 6.07 Å². The minimum atomic E-state index is -0.777. The van der Waals surface area contributed by atoms with Gasteiger partial charge in [0.15, 0.2) is 11.5 Å². The van der Waals surface area contributed by atoms with Crippen molar-refractivity contribution in [2.75, 3.05) is 53.1 Å². The Morgan fingerprint density at radius 2 is 1.77 bits per heavy atom. The predicted octanol–water partition coefficient (Wildman–Crippen LogP) is 4.33. The maximum Gasteiger partial charge on any atom is 0.295 e. The number of hydrogen-bond acceptors (Lipinski definition) is 8. The summed E-state index contributed by atoms with van der Waals surface area (Å²) in [6, 6.07) is 9.84. The van der Waals surface area contributed by atoms with Crippen LogP contribution in [-0.2, 0) is 14.3 Å². The summed E-state index contributed by atoms with van der Waals surface area (Å²) in [5, 5.41) is 11.5. The molecule has 2 aliphatic rings. The molecule has 1 amide bonds. The van der Waals surface area contributed by atoms with E-state index in [2.05, 4.69) is 4.90 Å². The van der Waals surface area contributed by atoms with Crippen molar-refractivity contribution in [3.05, 3.63) is 58.7 Å². The highest BCUT2D eigenvalue weighted by Crippen LogP contribution is 2.42. The van der Waals surface area contributed by atoms with Gasteiger partial charge in [0.2, 0.25) is 0 Å². The van der Waals surface area contributed by atoms with E-state index in [-0.39, 0.29) is 17.4 Å². The fraction of sp³-hybridized carbons (Fsp3) is 0.484. The number of hydrogen-bond donors (Lipinski definition) is 1. The van der Waals surface area contributed by atoms with E-state index in [0.29, 0.717) is 61.2 Å². The molecule has 216 valence electrons. The molecule has 1 unspecified atom stereocenters. The smallest absolute Gasteiger partial charge is 0.295 e. The second kappa shape index (κ2) is 13.2. The van der Waals surface area contributed by atoms with Gasteiger partial charge in [-0.15, -0.1) is 0 Å². The minimum Gasteiger partial charge on any atom is -0.507 e. The first-order chi connectivity index (χ1) is 19.2. The van der Waals surface area contributed by atoms with E-state index in [4.69, 9.17) is 18.9 Å². The molecule has 40 heavy (non-hydrogen) atoms. The molecule has 0 saturated carbocycles. The van der Waals surface area contributed by atoms with Gasteiger partial charge in [-0.2, -0.15) is 0 Å². The van der Waals surface area contributed by atoms with E-state index in [1.54, 1.807) is 42.3 Å². The molecule has 1 atom stereocenters. The number of amides is 1. The second-order valence-electron chi connectivity index (χ2n) is 10.3. The SMILES string of the molecule is CCOc1ccc(C2/C(=C(\O)c3ccc(OC(C)C)c(C)c3)C(=O)C(=O)N2CCCN2CCOCC2)cc1OC. The Kier molecular flexibility index (Phi) is 9.71. The van der Waals surface area contributed by atoms with Crippen LogP contribution in [0.1, 0.15) is 49.9 Å². The molecule has 2 fully saturated rings. The second-order valence-corrected chi connectivity index (χ2v) is 10.3. The van der Waals surface area contributed by atoms with Crippen LogP contribution in [0.15, 0.2) is 42.0 Å². The lowest BCUT2D eigenvalue weighted by atomic mass is 9.94. The van der Waals surface area contributed by atoms with E-state index in [0.717, 1.165) is 25.2 Å². The van der Waals surface area contributed by atoms with Gasteiger partial charge < -0.3 is 29.0 Å². The first kappa shape index (κ1) is 29.4. The molecule has 0 bridgehead atoms. The van der Waals surface area contributed by atoms with Crippen LogP contribution in [0.3, 0.4) is 0 Å². The maximum atomic E-state index is 13.5. The van der Waals surface area contributed by atoms with Crippen molar-refractivity contribution in [1.82, 2.24) is 9.80 Å². The molecule has 2 aromatic rings. The molecule has 2 heterocycles. The van der Waals surface area contributed by atoms with Gasteiger partial charge in [-0.25, -0.2) is 0 Å². The molecular weight excluding hydrogens is 512 g/mol. The highest BCUT2D eigenvalue weighted by molar-refractivity contribution is 6.46. The Morgan fingerprint density at radius 3 is 2.42 bits per heavy atom. The largest absolute Gasteiger partial charge is 0.507 e. The molecular formula is C31H40N2O7. The van der Waals surface area contributed by atoms with Gasteiger partial charge in [0.25, 0.3) is 11.7 Å². The van der Waals surface area contributed by atoms with Gasteiger partial charge in [-0.3, -0.25) is 14.5 Å². The zero-order valence-corrected chi connectivity index (χ0v) is 24.1. The van der Waals surface area contributed by atoms with Gasteiger partial charge >= 0.3 is 0 Å². The van der Waals surface area contributed by atoms with Crippen LogP contribution < -0.4 is 14.2 Å². The number of aliphatic hydroxyl groups is 1. The summed E-state index contributed by atoms with van der Waals surface area (Å²) in [4.78, 5) is 30.7. The Balaban J connectivity index is 1.73. The lowest BCUT2D eigenvalue weighted by molar-refractivity contribution is -0.140. The van der Waals surface area contributed by atoms with Gasteiger partial charge in [0, 0.05) is 31.7 Å². The number of likely N-dealkylation sites (tertiary alicyclic amines) is 1. The lowest BCUT2D eigenvalue weighted by Crippen LogP contribution is -2.39. The van der Waals surface area contributed by atoms with Crippen LogP contribution in [-0.4, -0.2) is 85.8 Å². The standard InChI is InChI=1S/C31H40N2O7/c1-6-39-25-11-8-22(19-26(25)37-5)28-27(29(34)23-9-10-24(21(4)18-23)40-20(2)3)30(35)31(36)33(28)13-7-12-32-14-16-38-17-15-32/h8-11,18-20,28,34H,6-7,12-17H2,1-5H3/b29-27+. The van der Waals surface area contributed by atoms with Crippen molar-refractivity contribution < 1.29 is 33.6 Å². The van der Waals surface area contributed by atoms with Gasteiger partial charge in [0.1, 0.15) is 11.5 Å². The number of aliphatic hydroxyl groups excluding tert-OH is 1. The lowest BCUT2D eigenvalue weighted by Gasteiger charge is -2.29. The van der Waals surface area contributed by atoms with Crippen LogP contribution in [0, 0.1) is 6.92 Å². The average Bonchev–Trinajstić information content (AvgIpc) is 3.19. The van der Waals surface area contributed by atoms with E-state index >= 15 is 0 Å². The minimum absolute atomic E-state index is 0.00410. The monoisotopic (exact) mass is 552 g/mol. The fourth-order valence-electron chi connectivity index (χ4n) is 5.21. The summed E-state index contributed by atoms with van der Waals surface area (Å²) >= 11 is 0. The number of Topliss-reactive ketones (excluding diaryl/α,β-unsaturated/α-hetero) is 1. The van der Waals surface area contributed by atoms with Crippen molar-refractivity contribution in [3.63, 3.8) is 0 Å². The van der Waals surface area contributed by atoms with Gasteiger partial charge in [-0.05, 0) is 75.6 Å². The third kappa shape index (κ3) is 6.42. The van der Waals surface area contributed by atoms with Crippen molar-refractivity contribution in [3.8, 4) is 17.2 Å². The Hall–Kier alpha value is -3.56. The highest BCUT2D eigenvalue weighted by Gasteiger charge is 2.46. The Labute approximate surface area is 236 Å². The molecule has 2 aromatic carbocycles. The van der Waals surface area contributed by atoms with Crippen molar-refractivity contribution in [2.24, 2.45) is 0 Å². The molecule has 0 aromatic heterocycles. The number of methoxy groups -OCH3 is 1. The van der Waals surface area contributed by atoms with Crippen LogP contribution in [0.25, 0.3) is 5.76 Å². The van der Waals surface area contributed by atoms with Gasteiger partial charge in [0.05, 0.1) is 44.6 Å². The zero-order valence-electron chi connectivity index (χ0n) is 24.1. The molecule has 2 saturated heterocycles. The van der Waals surface area contributed by atoms with E-state index in [1.807, 2.05) is 33.8 Å². The number of benzene rings is 2. The topological polar surface area (TPSA) is 97.8 Å². The molecule has 2 aliphatic heterocycles. The Morgan fingerprint density at radius 1 is 1.05 bits per heavy atom. The Bertz CT molecular complexity index is 1250. The fourth-order valence-corrected chi connectivity index (χ4v) is 5.21. The van der Waals surface area contributed by atoms with Crippen LogP contribution in [0.2, 0.25) is 0 Å². The average molecular weight is 553 g/mol. The van der Waals surface area contributed by atoms with E-state index in [1.165, 1.54) is 0 Å². The molecule has 4 rings (SSSR count). The molecule has 0 spiro atoms. The first-order valence-electron chi connectivity index (χ1n) is 13.9. The van der Waals surface area contributed by atoms with Crippen LogP contribution in [0.5, 0.6) is 17.2 Å². The summed E-state index contributed by atoms with van der Waals surface area (Å²) in [5.41, 5.74) is 1.98. The van der Waals surface area contributed by atoms with E-state index < -0.39 is 17.7 Å². The van der Waals surface area contributed by atoms with Crippen molar-refractivity contribution in [2.45, 2.75) is 46.3 Å². The quantitative estimate of drug-likeness (QED) is 0.250. The molecule has 1 N–H and O–H groups in total. The third-order valence-corrected chi connectivity index (χ3v) is 7.13. The van der Waals surface area contributed by atoms with Crippen molar-refractivity contribution in [1.29, 1.82) is 0 Å². The summed E-state index contributed by atoms with van der Waals surface area (Å²) in [6.45, 7) is 12.3. The molecule has 9 heteroatoms. The maximum absolute atomic E-state index is 13.5. The first-order valence-corrected chi connectivity index (χ1v) is 13.9. The number of rotatable bonds is 11. The summed E-state index contributed by atoms with van der Waals surface area (Å²) in [7, 11) is 1.55. The normalized spacial score (nSPS) is 19.4. The summed E-state index contributed by atoms with van der Waals surface area (Å²) in [6.07, 6.45) is 0.675. The molecule has 9 nitrogen and oxygen atoms in total. The highest BCUT2D eigenvalue weighted by atomic mass is 16.5.